The summed E-state index contributed by atoms with van der Waals surface area (Å²) >= 11 is 0. The number of piperazine rings is 1. The second kappa shape index (κ2) is 6.34. The van der Waals surface area contributed by atoms with E-state index in [0.717, 1.165) is 18.8 Å². The van der Waals surface area contributed by atoms with E-state index in [-0.39, 0.29) is 6.04 Å². The Morgan fingerprint density at radius 3 is 2.90 bits per heavy atom. The Labute approximate surface area is 127 Å². The van der Waals surface area contributed by atoms with Crippen molar-refractivity contribution >= 4 is 0 Å². The highest BCUT2D eigenvalue weighted by atomic mass is 16.5. The number of methoxy groups -OCH3 is 1. The molecule has 0 spiro atoms. The molecule has 2 fully saturated rings. The van der Waals surface area contributed by atoms with Crippen LogP contribution in [0.2, 0.25) is 0 Å². The van der Waals surface area contributed by atoms with Gasteiger partial charge in [-0.15, -0.1) is 0 Å². The van der Waals surface area contributed by atoms with Crippen molar-refractivity contribution in [3.63, 3.8) is 0 Å². The summed E-state index contributed by atoms with van der Waals surface area (Å²) in [4.78, 5) is 5.24. The molecular formula is C17H27N3O. The molecule has 0 aromatic heterocycles. The summed E-state index contributed by atoms with van der Waals surface area (Å²) in [7, 11) is 1.74. The van der Waals surface area contributed by atoms with Crippen molar-refractivity contribution in [2.75, 3.05) is 33.3 Å². The molecule has 1 aromatic rings. The number of hydrogen-bond donors (Lipinski definition) is 1. The number of para-hydroxylation sites is 1. The van der Waals surface area contributed by atoms with Gasteiger partial charge < -0.3 is 10.5 Å². The van der Waals surface area contributed by atoms with Gasteiger partial charge in [-0.25, -0.2) is 0 Å². The molecule has 0 aliphatic carbocycles. The first-order chi connectivity index (χ1) is 10.2. The molecule has 2 N–H and O–H groups in total. The fourth-order valence-corrected chi connectivity index (χ4v) is 4.03. The van der Waals surface area contributed by atoms with E-state index < -0.39 is 0 Å². The van der Waals surface area contributed by atoms with E-state index in [4.69, 9.17) is 10.5 Å². The predicted octanol–water partition coefficient (Wildman–Crippen LogP) is 1.86. The molecule has 4 heteroatoms. The average molecular weight is 289 g/mol. The van der Waals surface area contributed by atoms with Crippen molar-refractivity contribution in [3.05, 3.63) is 29.8 Å². The summed E-state index contributed by atoms with van der Waals surface area (Å²) in [6.07, 6.45) is 2.67. The predicted molar refractivity (Wildman–Crippen MR) is 85.6 cm³/mol. The molecule has 1 aromatic carbocycles. The lowest BCUT2D eigenvalue weighted by Crippen LogP contribution is -2.56. The van der Waals surface area contributed by atoms with Crippen LogP contribution in [0.15, 0.2) is 24.3 Å². The van der Waals surface area contributed by atoms with Crippen molar-refractivity contribution in [1.29, 1.82) is 0 Å². The highest BCUT2D eigenvalue weighted by Crippen LogP contribution is 2.34. The Morgan fingerprint density at radius 2 is 2.14 bits per heavy atom. The van der Waals surface area contributed by atoms with Gasteiger partial charge in [-0.1, -0.05) is 18.2 Å². The minimum Gasteiger partial charge on any atom is -0.496 e. The van der Waals surface area contributed by atoms with Crippen LogP contribution in [0.4, 0.5) is 0 Å². The van der Waals surface area contributed by atoms with E-state index in [2.05, 4.69) is 28.9 Å². The molecule has 0 amide bonds. The lowest BCUT2D eigenvalue weighted by molar-refractivity contribution is 0.0289. The van der Waals surface area contributed by atoms with Crippen molar-refractivity contribution in [1.82, 2.24) is 9.80 Å². The maximum atomic E-state index is 6.15. The van der Waals surface area contributed by atoms with Crippen LogP contribution in [0.25, 0.3) is 0 Å². The number of nitrogens with two attached hydrogens (primary N) is 1. The standard InChI is InChI=1S/C17H27N3O/c1-13-11-19-9-5-6-14(19)12-20(13)16(10-18)15-7-3-4-8-17(15)21-2/h3-4,7-8,13-14,16H,5-6,9-12,18H2,1-2H3. The normalized spacial score (nSPS) is 28.3. The number of rotatable bonds is 4. The SMILES string of the molecule is COc1ccccc1C(CN)N1CC2CCCN2CC1C. The van der Waals surface area contributed by atoms with E-state index in [0.29, 0.717) is 18.6 Å². The van der Waals surface area contributed by atoms with Gasteiger partial charge in [-0.3, -0.25) is 9.80 Å². The topological polar surface area (TPSA) is 41.7 Å². The zero-order chi connectivity index (χ0) is 14.8. The zero-order valence-corrected chi connectivity index (χ0v) is 13.2. The summed E-state index contributed by atoms with van der Waals surface area (Å²) in [5.41, 5.74) is 7.37. The monoisotopic (exact) mass is 289 g/mol. The molecule has 0 saturated carbocycles. The quantitative estimate of drug-likeness (QED) is 0.919. The third-order valence-corrected chi connectivity index (χ3v) is 5.11. The first kappa shape index (κ1) is 14.8. The first-order valence-corrected chi connectivity index (χ1v) is 8.07. The lowest BCUT2D eigenvalue weighted by atomic mass is 9.98. The summed E-state index contributed by atoms with van der Waals surface area (Å²) in [6, 6.07) is 9.80. The van der Waals surface area contributed by atoms with Gasteiger partial charge in [0.1, 0.15) is 5.75 Å². The Kier molecular flexibility index (Phi) is 4.48. The van der Waals surface area contributed by atoms with Gasteiger partial charge in [0.05, 0.1) is 13.2 Å². The Bertz CT molecular complexity index is 479. The minimum atomic E-state index is 0.249. The molecule has 0 radical (unpaired) electrons. The molecule has 3 atom stereocenters. The van der Waals surface area contributed by atoms with Gasteiger partial charge in [0.2, 0.25) is 0 Å². The number of benzene rings is 1. The van der Waals surface area contributed by atoms with Crippen LogP contribution in [-0.2, 0) is 0 Å². The summed E-state index contributed by atoms with van der Waals surface area (Å²) in [5.74, 6) is 0.953. The minimum absolute atomic E-state index is 0.249. The maximum Gasteiger partial charge on any atom is 0.123 e. The van der Waals surface area contributed by atoms with E-state index in [1.807, 2.05) is 12.1 Å². The Balaban J connectivity index is 1.85. The van der Waals surface area contributed by atoms with Gasteiger partial charge in [0.15, 0.2) is 0 Å². The van der Waals surface area contributed by atoms with Crippen LogP contribution in [0.5, 0.6) is 5.75 Å². The molecule has 2 aliphatic heterocycles. The molecule has 2 aliphatic rings. The molecule has 3 rings (SSSR count). The molecule has 116 valence electrons. The fourth-order valence-electron chi connectivity index (χ4n) is 4.03. The smallest absolute Gasteiger partial charge is 0.123 e. The first-order valence-electron chi connectivity index (χ1n) is 8.07. The third kappa shape index (κ3) is 2.80. The lowest BCUT2D eigenvalue weighted by Gasteiger charge is -2.46. The van der Waals surface area contributed by atoms with Crippen LogP contribution in [-0.4, -0.2) is 55.2 Å². The van der Waals surface area contributed by atoms with Gasteiger partial charge in [0, 0.05) is 37.3 Å². The summed E-state index contributed by atoms with van der Waals surface area (Å²) in [6.45, 7) is 6.52. The van der Waals surface area contributed by atoms with Gasteiger partial charge in [-0.05, 0) is 32.4 Å². The van der Waals surface area contributed by atoms with E-state index in [1.165, 1.54) is 24.9 Å². The fraction of sp³-hybridized carbons (Fsp3) is 0.647. The zero-order valence-electron chi connectivity index (χ0n) is 13.2. The third-order valence-electron chi connectivity index (χ3n) is 5.11. The van der Waals surface area contributed by atoms with Crippen molar-refractivity contribution in [2.24, 2.45) is 5.73 Å². The molecule has 0 bridgehead atoms. The van der Waals surface area contributed by atoms with Crippen LogP contribution in [0, 0.1) is 0 Å². The van der Waals surface area contributed by atoms with Crippen molar-refractivity contribution in [2.45, 2.75) is 37.9 Å². The highest BCUT2D eigenvalue weighted by Gasteiger charge is 2.37. The second-order valence-corrected chi connectivity index (χ2v) is 6.33. The summed E-state index contributed by atoms with van der Waals surface area (Å²) < 4.78 is 5.55. The van der Waals surface area contributed by atoms with Gasteiger partial charge in [0.25, 0.3) is 0 Å². The molecule has 21 heavy (non-hydrogen) atoms. The van der Waals surface area contributed by atoms with E-state index in [1.54, 1.807) is 7.11 Å². The largest absolute Gasteiger partial charge is 0.496 e. The second-order valence-electron chi connectivity index (χ2n) is 6.33. The maximum absolute atomic E-state index is 6.15. The Hall–Kier alpha value is -1.10. The van der Waals surface area contributed by atoms with Crippen molar-refractivity contribution in [3.8, 4) is 5.75 Å². The van der Waals surface area contributed by atoms with Crippen LogP contribution >= 0.6 is 0 Å². The highest BCUT2D eigenvalue weighted by molar-refractivity contribution is 5.36. The molecular weight excluding hydrogens is 262 g/mol. The van der Waals surface area contributed by atoms with Crippen molar-refractivity contribution < 1.29 is 4.74 Å². The number of ether oxygens (including phenoxy) is 1. The van der Waals surface area contributed by atoms with E-state index in [9.17, 15) is 0 Å². The number of fused-ring (bicyclic) bond motifs is 1. The van der Waals surface area contributed by atoms with Crippen LogP contribution in [0.1, 0.15) is 31.4 Å². The average Bonchev–Trinajstić information content (AvgIpc) is 2.96. The molecule has 2 heterocycles. The Morgan fingerprint density at radius 1 is 1.33 bits per heavy atom. The van der Waals surface area contributed by atoms with Gasteiger partial charge in [-0.2, -0.15) is 0 Å². The van der Waals surface area contributed by atoms with E-state index >= 15 is 0 Å². The number of nitrogens with zero attached hydrogens (tertiary/aromatic N) is 2. The summed E-state index contributed by atoms with van der Waals surface area (Å²) in [5, 5.41) is 0. The van der Waals surface area contributed by atoms with Gasteiger partial charge >= 0.3 is 0 Å². The van der Waals surface area contributed by atoms with Crippen LogP contribution in [0.3, 0.4) is 0 Å². The molecule has 3 unspecified atom stereocenters. The number of hydrogen-bond acceptors (Lipinski definition) is 4. The van der Waals surface area contributed by atoms with Crippen LogP contribution < -0.4 is 10.5 Å². The molecule has 2 saturated heterocycles. The molecule has 4 nitrogen and oxygen atoms in total.